The molecule has 106 valence electrons. The molecule has 1 aliphatic rings. The van der Waals surface area contributed by atoms with Gasteiger partial charge in [-0.1, -0.05) is 35.7 Å². The summed E-state index contributed by atoms with van der Waals surface area (Å²) >= 11 is 3.68. The highest BCUT2D eigenvalue weighted by Crippen LogP contribution is 2.42. The van der Waals surface area contributed by atoms with Gasteiger partial charge >= 0.3 is 0 Å². The van der Waals surface area contributed by atoms with Crippen molar-refractivity contribution in [3.05, 3.63) is 28.2 Å². The van der Waals surface area contributed by atoms with Gasteiger partial charge in [-0.05, 0) is 55.0 Å². The maximum absolute atomic E-state index is 5.35. The molecule has 2 nitrogen and oxygen atoms in total. The zero-order chi connectivity index (χ0) is 13.7. The summed E-state index contributed by atoms with van der Waals surface area (Å²) in [6.45, 7) is 4.37. The van der Waals surface area contributed by atoms with Crippen LogP contribution in [0, 0.1) is 5.41 Å². The molecule has 0 spiro atoms. The average Bonchev–Trinajstić information content (AvgIpc) is 2.88. The molecule has 1 saturated carbocycles. The first-order valence-electron chi connectivity index (χ1n) is 7.22. The van der Waals surface area contributed by atoms with Gasteiger partial charge in [0.2, 0.25) is 0 Å². The Morgan fingerprint density at radius 2 is 2.05 bits per heavy atom. The third-order valence-corrected chi connectivity index (χ3v) is 5.01. The van der Waals surface area contributed by atoms with Crippen molar-refractivity contribution in [2.45, 2.75) is 39.0 Å². The summed E-state index contributed by atoms with van der Waals surface area (Å²) in [4.78, 5) is 0. The Morgan fingerprint density at radius 1 is 1.32 bits per heavy atom. The van der Waals surface area contributed by atoms with E-state index in [2.05, 4.69) is 40.3 Å². The number of rotatable bonds is 6. The molecule has 19 heavy (non-hydrogen) atoms. The lowest BCUT2D eigenvalue weighted by atomic mass is 9.80. The Hall–Kier alpha value is -0.540. The second-order valence-corrected chi connectivity index (χ2v) is 6.48. The van der Waals surface area contributed by atoms with Crippen molar-refractivity contribution in [1.82, 2.24) is 5.32 Å². The Balaban J connectivity index is 2.16. The maximum Gasteiger partial charge on any atom is 0.119 e. The fourth-order valence-corrected chi connectivity index (χ4v) is 3.54. The highest BCUT2D eigenvalue weighted by molar-refractivity contribution is 9.10. The monoisotopic (exact) mass is 325 g/mol. The summed E-state index contributed by atoms with van der Waals surface area (Å²) in [5.41, 5.74) is 1.81. The first-order chi connectivity index (χ1) is 9.19. The SMILES string of the molecule is CCNCC1(Cc2cc(OC)ccc2Br)CCCC1. The fourth-order valence-electron chi connectivity index (χ4n) is 3.15. The van der Waals surface area contributed by atoms with Crippen LogP contribution >= 0.6 is 15.9 Å². The molecule has 0 atom stereocenters. The highest BCUT2D eigenvalue weighted by Gasteiger charge is 2.34. The number of methoxy groups -OCH3 is 1. The molecular weight excluding hydrogens is 302 g/mol. The maximum atomic E-state index is 5.35. The Morgan fingerprint density at radius 3 is 2.68 bits per heavy atom. The summed E-state index contributed by atoms with van der Waals surface area (Å²) in [7, 11) is 1.73. The van der Waals surface area contributed by atoms with E-state index in [1.807, 2.05) is 6.07 Å². The molecular formula is C16H24BrNO. The van der Waals surface area contributed by atoms with E-state index in [4.69, 9.17) is 4.74 Å². The minimum absolute atomic E-state index is 0.435. The summed E-state index contributed by atoms with van der Waals surface area (Å²) in [6.07, 6.45) is 6.55. The van der Waals surface area contributed by atoms with E-state index < -0.39 is 0 Å². The van der Waals surface area contributed by atoms with Crippen LogP contribution in [0.4, 0.5) is 0 Å². The molecule has 0 saturated heterocycles. The third kappa shape index (κ3) is 3.73. The van der Waals surface area contributed by atoms with Crippen molar-refractivity contribution in [2.75, 3.05) is 20.2 Å². The van der Waals surface area contributed by atoms with Gasteiger partial charge in [0.1, 0.15) is 5.75 Å². The van der Waals surface area contributed by atoms with Gasteiger partial charge in [-0.25, -0.2) is 0 Å². The first kappa shape index (κ1) is 14.9. The second-order valence-electron chi connectivity index (χ2n) is 5.62. The van der Waals surface area contributed by atoms with Crippen LogP contribution in [-0.2, 0) is 6.42 Å². The van der Waals surface area contributed by atoms with E-state index in [1.54, 1.807) is 7.11 Å². The van der Waals surface area contributed by atoms with Gasteiger partial charge in [-0.3, -0.25) is 0 Å². The molecule has 1 aliphatic carbocycles. The fraction of sp³-hybridized carbons (Fsp3) is 0.625. The van der Waals surface area contributed by atoms with E-state index in [-0.39, 0.29) is 0 Å². The van der Waals surface area contributed by atoms with E-state index in [0.29, 0.717) is 5.41 Å². The number of nitrogens with one attached hydrogen (secondary N) is 1. The van der Waals surface area contributed by atoms with Crippen molar-refractivity contribution in [1.29, 1.82) is 0 Å². The zero-order valence-corrected chi connectivity index (χ0v) is 13.6. The van der Waals surface area contributed by atoms with Crippen molar-refractivity contribution >= 4 is 15.9 Å². The Labute approximate surface area is 125 Å². The number of benzene rings is 1. The molecule has 2 rings (SSSR count). The molecule has 0 heterocycles. The van der Waals surface area contributed by atoms with E-state index in [9.17, 15) is 0 Å². The Kier molecular flexibility index (Phi) is 5.28. The third-order valence-electron chi connectivity index (χ3n) is 4.23. The van der Waals surface area contributed by atoms with Gasteiger partial charge in [-0.15, -0.1) is 0 Å². The molecule has 1 aromatic carbocycles. The van der Waals surface area contributed by atoms with Crippen LogP contribution < -0.4 is 10.1 Å². The largest absolute Gasteiger partial charge is 0.497 e. The molecule has 0 aliphatic heterocycles. The summed E-state index contributed by atoms with van der Waals surface area (Å²) in [6, 6.07) is 6.29. The quantitative estimate of drug-likeness (QED) is 0.847. The van der Waals surface area contributed by atoms with Crippen LogP contribution in [0.1, 0.15) is 38.2 Å². The lowest BCUT2D eigenvalue weighted by Gasteiger charge is -2.30. The predicted octanol–water partition coefficient (Wildman–Crippen LogP) is 4.17. The normalized spacial score (nSPS) is 17.6. The second kappa shape index (κ2) is 6.76. The smallest absolute Gasteiger partial charge is 0.119 e. The van der Waals surface area contributed by atoms with Crippen LogP contribution in [-0.4, -0.2) is 20.2 Å². The minimum atomic E-state index is 0.435. The van der Waals surface area contributed by atoms with E-state index >= 15 is 0 Å². The molecule has 0 amide bonds. The molecule has 0 unspecified atom stereocenters. The van der Waals surface area contributed by atoms with Gasteiger partial charge in [0, 0.05) is 11.0 Å². The van der Waals surface area contributed by atoms with Crippen LogP contribution in [0.15, 0.2) is 22.7 Å². The van der Waals surface area contributed by atoms with Crippen molar-refractivity contribution < 1.29 is 4.74 Å². The topological polar surface area (TPSA) is 21.3 Å². The van der Waals surface area contributed by atoms with Crippen LogP contribution in [0.5, 0.6) is 5.75 Å². The molecule has 1 aromatic rings. The predicted molar refractivity (Wildman–Crippen MR) is 83.8 cm³/mol. The molecule has 1 N–H and O–H groups in total. The summed E-state index contributed by atoms with van der Waals surface area (Å²) < 4.78 is 6.56. The highest BCUT2D eigenvalue weighted by atomic mass is 79.9. The number of hydrogen-bond donors (Lipinski definition) is 1. The van der Waals surface area contributed by atoms with Gasteiger partial charge in [0.05, 0.1) is 7.11 Å². The van der Waals surface area contributed by atoms with Gasteiger partial charge in [0.15, 0.2) is 0 Å². The van der Waals surface area contributed by atoms with E-state index in [1.165, 1.54) is 35.7 Å². The molecule has 1 fully saturated rings. The first-order valence-corrected chi connectivity index (χ1v) is 8.01. The lowest BCUT2D eigenvalue weighted by Crippen LogP contribution is -2.34. The number of ether oxygens (including phenoxy) is 1. The summed E-state index contributed by atoms with van der Waals surface area (Å²) in [5, 5.41) is 3.55. The van der Waals surface area contributed by atoms with Crippen LogP contribution in [0.25, 0.3) is 0 Å². The van der Waals surface area contributed by atoms with Gasteiger partial charge < -0.3 is 10.1 Å². The van der Waals surface area contributed by atoms with Crippen LogP contribution in [0.2, 0.25) is 0 Å². The molecule has 0 radical (unpaired) electrons. The average molecular weight is 326 g/mol. The molecule has 0 bridgehead atoms. The zero-order valence-electron chi connectivity index (χ0n) is 12.0. The molecule has 3 heteroatoms. The van der Waals surface area contributed by atoms with Crippen molar-refractivity contribution in [3.8, 4) is 5.75 Å². The number of halogens is 1. The number of hydrogen-bond acceptors (Lipinski definition) is 2. The van der Waals surface area contributed by atoms with Gasteiger partial charge in [-0.2, -0.15) is 0 Å². The van der Waals surface area contributed by atoms with Crippen LogP contribution in [0.3, 0.4) is 0 Å². The Bertz CT molecular complexity index is 413. The summed E-state index contributed by atoms with van der Waals surface area (Å²) in [5.74, 6) is 0.954. The van der Waals surface area contributed by atoms with Crippen molar-refractivity contribution in [3.63, 3.8) is 0 Å². The van der Waals surface area contributed by atoms with Crippen molar-refractivity contribution in [2.24, 2.45) is 5.41 Å². The standard InChI is InChI=1S/C16H24BrNO/c1-3-18-12-16(8-4-5-9-16)11-13-10-14(19-2)6-7-15(13)17/h6-7,10,18H,3-5,8-9,11-12H2,1-2H3. The van der Waals surface area contributed by atoms with E-state index in [0.717, 1.165) is 25.3 Å². The lowest BCUT2D eigenvalue weighted by molar-refractivity contribution is 0.279. The van der Waals surface area contributed by atoms with Gasteiger partial charge in [0.25, 0.3) is 0 Å². The molecule has 0 aromatic heterocycles. The minimum Gasteiger partial charge on any atom is -0.497 e.